The summed E-state index contributed by atoms with van der Waals surface area (Å²) >= 11 is 0. The summed E-state index contributed by atoms with van der Waals surface area (Å²) in [4.78, 5) is 52.3. The highest BCUT2D eigenvalue weighted by Crippen LogP contribution is 2.69. The van der Waals surface area contributed by atoms with Crippen LogP contribution in [0.3, 0.4) is 0 Å². The molecule has 1 amide bonds. The molecule has 1 N–H and O–H groups in total. The number of nitrogens with one attached hydrogen (secondary N) is 1. The Labute approximate surface area is 251 Å². The van der Waals surface area contributed by atoms with Crippen molar-refractivity contribution in [1.82, 2.24) is 5.32 Å². The highest BCUT2D eigenvalue weighted by molar-refractivity contribution is 5.94. The van der Waals surface area contributed by atoms with Gasteiger partial charge in [0.15, 0.2) is 5.54 Å². The molecule has 0 spiro atoms. The van der Waals surface area contributed by atoms with Crippen LogP contribution in [0.25, 0.3) is 0 Å². The third kappa shape index (κ3) is 5.40. The molecule has 0 aromatic heterocycles. The van der Waals surface area contributed by atoms with Gasteiger partial charge in [0.25, 0.3) is 0 Å². The maximum atomic E-state index is 16.2. The van der Waals surface area contributed by atoms with Crippen molar-refractivity contribution >= 4 is 24.2 Å². The lowest BCUT2D eigenvalue weighted by Crippen LogP contribution is -2.65. The maximum absolute atomic E-state index is 16.2. The summed E-state index contributed by atoms with van der Waals surface area (Å²) < 4.78 is 48.7. The SMILES string of the molecule is C=CCOC(=O)N[C@@]1(C(=O)OC(C)OC(=O)O[C@H]2C[C@H]3CC[C@]2(C)C3(C)C)[C@H](OCCC)C[C@@H]2[C@H]1[C@@]2(F)C(=O)OCC=C. The summed E-state index contributed by atoms with van der Waals surface area (Å²) in [5.41, 5.74) is -5.01. The molecular weight excluding hydrogens is 565 g/mol. The first-order chi connectivity index (χ1) is 20.2. The molecule has 1 unspecified atom stereocenters. The van der Waals surface area contributed by atoms with E-state index >= 15 is 4.39 Å². The fourth-order valence-corrected chi connectivity index (χ4v) is 7.65. The summed E-state index contributed by atoms with van der Waals surface area (Å²) in [6, 6.07) is 0. The van der Waals surface area contributed by atoms with E-state index in [4.69, 9.17) is 28.4 Å². The molecule has 4 saturated carbocycles. The van der Waals surface area contributed by atoms with E-state index in [0.717, 1.165) is 12.8 Å². The van der Waals surface area contributed by atoms with Gasteiger partial charge >= 0.3 is 24.2 Å². The van der Waals surface area contributed by atoms with Gasteiger partial charge in [0.1, 0.15) is 19.3 Å². The minimum Gasteiger partial charge on any atom is -0.459 e. The predicted octanol–water partition coefficient (Wildman–Crippen LogP) is 4.78. The summed E-state index contributed by atoms with van der Waals surface area (Å²) in [6.45, 7) is 16.3. The van der Waals surface area contributed by atoms with Crippen molar-refractivity contribution in [2.24, 2.45) is 28.6 Å². The molecule has 4 fully saturated rings. The van der Waals surface area contributed by atoms with Crippen LogP contribution in [0.15, 0.2) is 25.3 Å². The number of halogens is 1. The molecule has 0 aromatic carbocycles. The number of esters is 2. The second kappa shape index (κ2) is 12.1. The molecule has 12 heteroatoms. The van der Waals surface area contributed by atoms with Crippen molar-refractivity contribution in [2.45, 2.75) is 96.4 Å². The number of rotatable bonds is 13. The molecule has 4 rings (SSSR count). The summed E-state index contributed by atoms with van der Waals surface area (Å²) in [7, 11) is 0. The van der Waals surface area contributed by atoms with Crippen LogP contribution >= 0.6 is 0 Å². The van der Waals surface area contributed by atoms with Gasteiger partial charge in [0.2, 0.25) is 12.0 Å². The van der Waals surface area contributed by atoms with Crippen LogP contribution in [0.1, 0.15) is 66.7 Å². The smallest absolute Gasteiger partial charge is 0.459 e. The van der Waals surface area contributed by atoms with Gasteiger partial charge in [-0.05, 0) is 43.4 Å². The molecule has 43 heavy (non-hydrogen) atoms. The average Bonchev–Trinajstić information content (AvgIpc) is 3.18. The van der Waals surface area contributed by atoms with Gasteiger partial charge in [0.05, 0.1) is 6.10 Å². The van der Waals surface area contributed by atoms with Gasteiger partial charge in [-0.25, -0.2) is 23.6 Å². The fraction of sp³-hybridized carbons (Fsp3) is 0.742. The summed E-state index contributed by atoms with van der Waals surface area (Å²) in [5, 5.41) is 2.45. The Morgan fingerprint density at radius 1 is 1.00 bits per heavy atom. The quantitative estimate of drug-likeness (QED) is 0.135. The number of ether oxygens (including phenoxy) is 6. The normalized spacial score (nSPS) is 36.9. The first kappa shape index (κ1) is 32.8. The topological polar surface area (TPSA) is 136 Å². The van der Waals surface area contributed by atoms with Crippen molar-refractivity contribution in [3.05, 3.63) is 25.3 Å². The van der Waals surface area contributed by atoms with E-state index in [1.54, 1.807) is 0 Å². The lowest BCUT2D eigenvalue weighted by atomic mass is 9.70. The van der Waals surface area contributed by atoms with Crippen LogP contribution in [0.2, 0.25) is 0 Å². The van der Waals surface area contributed by atoms with Gasteiger partial charge in [-0.2, -0.15) is 0 Å². The van der Waals surface area contributed by atoms with Crippen LogP contribution in [0, 0.1) is 28.6 Å². The minimum absolute atomic E-state index is 0.00322. The zero-order valence-corrected chi connectivity index (χ0v) is 25.7. The zero-order valence-electron chi connectivity index (χ0n) is 25.7. The van der Waals surface area contributed by atoms with E-state index in [9.17, 15) is 19.2 Å². The van der Waals surface area contributed by atoms with Gasteiger partial charge in [0, 0.05) is 30.8 Å². The Balaban J connectivity index is 1.53. The first-order valence-corrected chi connectivity index (χ1v) is 15.0. The molecule has 9 atom stereocenters. The van der Waals surface area contributed by atoms with Crippen LogP contribution in [0.5, 0.6) is 0 Å². The number of carbonyl (C=O) groups is 4. The highest BCUT2D eigenvalue weighted by Gasteiger charge is 2.87. The van der Waals surface area contributed by atoms with Crippen LogP contribution in [-0.2, 0) is 38.0 Å². The number of alkyl carbamates (subject to hydrolysis) is 1. The zero-order chi connectivity index (χ0) is 31.8. The number of carbonyl (C=O) groups excluding carboxylic acids is 4. The lowest BCUT2D eigenvalue weighted by Gasteiger charge is -2.38. The molecule has 0 aliphatic heterocycles. The number of alkyl halides is 1. The predicted molar refractivity (Wildman–Crippen MR) is 150 cm³/mol. The van der Waals surface area contributed by atoms with E-state index in [0.29, 0.717) is 18.8 Å². The van der Waals surface area contributed by atoms with Crippen molar-refractivity contribution in [1.29, 1.82) is 0 Å². The molecule has 4 aliphatic carbocycles. The second-order valence-corrected chi connectivity index (χ2v) is 12.8. The number of hydrogen-bond acceptors (Lipinski definition) is 10. The number of amides is 1. The summed E-state index contributed by atoms with van der Waals surface area (Å²) in [5.74, 6) is -4.32. The van der Waals surface area contributed by atoms with Crippen LogP contribution < -0.4 is 5.32 Å². The molecule has 0 saturated heterocycles. The molecule has 11 nitrogen and oxygen atoms in total. The Bertz CT molecular complexity index is 1140. The van der Waals surface area contributed by atoms with E-state index in [2.05, 4.69) is 39.2 Å². The molecule has 240 valence electrons. The maximum Gasteiger partial charge on any atom is 0.511 e. The lowest BCUT2D eigenvalue weighted by molar-refractivity contribution is -0.186. The van der Waals surface area contributed by atoms with Crippen LogP contribution in [0.4, 0.5) is 14.0 Å². The van der Waals surface area contributed by atoms with Crippen LogP contribution in [-0.4, -0.2) is 73.7 Å². The Kier molecular flexibility index (Phi) is 9.21. The van der Waals surface area contributed by atoms with Gasteiger partial charge in [-0.3, -0.25) is 0 Å². The standard InChI is InChI=1S/C31H44FNO10/c1-8-13-38-22-17-20-23(30(20,32)24(34)39-14-9-2)31(22,33-26(36)40-15-10-3)25(35)41-18(4)42-27(37)43-21-16-19-11-12-29(21,7)28(19,5)6/h9-10,18-23H,2-3,8,11-17H2,1,4-7H3,(H,33,36)/t18?,19-,20-,21+,22-,23+,29+,30-,31+/m1/s1. The van der Waals surface area contributed by atoms with E-state index in [1.807, 2.05) is 6.92 Å². The highest BCUT2D eigenvalue weighted by atomic mass is 19.1. The second-order valence-electron chi connectivity index (χ2n) is 12.8. The van der Waals surface area contributed by atoms with Gasteiger partial charge in [-0.15, -0.1) is 0 Å². The fourth-order valence-electron chi connectivity index (χ4n) is 7.65. The largest absolute Gasteiger partial charge is 0.511 e. The molecule has 0 aromatic rings. The van der Waals surface area contributed by atoms with Gasteiger partial charge in [-0.1, -0.05) is 53.0 Å². The van der Waals surface area contributed by atoms with Crippen molar-refractivity contribution < 1.29 is 52.0 Å². The molecule has 0 heterocycles. The monoisotopic (exact) mass is 609 g/mol. The molecular formula is C31H44FNO10. The van der Waals surface area contributed by atoms with E-state index < -0.39 is 59.6 Å². The third-order valence-electron chi connectivity index (χ3n) is 10.4. The molecule has 2 bridgehead atoms. The first-order valence-electron chi connectivity index (χ1n) is 15.0. The Morgan fingerprint density at radius 3 is 2.26 bits per heavy atom. The number of fused-ring (bicyclic) bond motifs is 3. The Hall–Kier alpha value is -3.15. The average molecular weight is 610 g/mol. The minimum atomic E-state index is -2.60. The van der Waals surface area contributed by atoms with E-state index in [-0.39, 0.29) is 43.2 Å². The van der Waals surface area contributed by atoms with Gasteiger partial charge < -0.3 is 33.7 Å². The third-order valence-corrected chi connectivity index (χ3v) is 10.4. The summed E-state index contributed by atoms with van der Waals surface area (Å²) in [6.07, 6.45) is 0.790. The number of hydrogen-bond donors (Lipinski definition) is 1. The Morgan fingerprint density at radius 2 is 1.67 bits per heavy atom. The van der Waals surface area contributed by atoms with Crippen molar-refractivity contribution in [2.75, 3.05) is 19.8 Å². The molecule has 0 radical (unpaired) electrons. The van der Waals surface area contributed by atoms with E-state index in [1.165, 1.54) is 19.1 Å². The molecule has 4 aliphatic rings. The van der Waals surface area contributed by atoms with Crippen molar-refractivity contribution in [3.8, 4) is 0 Å². The van der Waals surface area contributed by atoms with Crippen molar-refractivity contribution in [3.63, 3.8) is 0 Å².